The van der Waals surface area contributed by atoms with Crippen LogP contribution >= 0.6 is 0 Å². The summed E-state index contributed by atoms with van der Waals surface area (Å²) < 4.78 is 31.0. The molecule has 140 valence electrons. The molecule has 1 aromatic carbocycles. The van der Waals surface area contributed by atoms with Crippen LogP contribution < -0.4 is 4.74 Å². The van der Waals surface area contributed by atoms with E-state index in [-0.39, 0.29) is 11.8 Å². The van der Waals surface area contributed by atoms with E-state index < -0.39 is 12.7 Å². The highest BCUT2D eigenvalue weighted by Crippen LogP contribution is 2.41. The number of fused-ring (bicyclic) bond motifs is 1. The second-order valence-electron chi connectivity index (χ2n) is 7.22. The predicted molar refractivity (Wildman–Crippen MR) is 89.6 cm³/mol. The van der Waals surface area contributed by atoms with Gasteiger partial charge in [-0.1, -0.05) is 12.1 Å². The van der Waals surface area contributed by atoms with Crippen LogP contribution in [0.15, 0.2) is 36.9 Å². The number of nitrogens with zero attached hydrogens (tertiary/aromatic N) is 4. The van der Waals surface area contributed by atoms with E-state index >= 15 is 0 Å². The smallest absolute Gasteiger partial charge is 0.387 e. The Kier molecular flexibility index (Phi) is 4.86. The summed E-state index contributed by atoms with van der Waals surface area (Å²) >= 11 is 0. The maximum absolute atomic E-state index is 12.4. The minimum Gasteiger partial charge on any atom is -0.435 e. The summed E-state index contributed by atoms with van der Waals surface area (Å²) in [7, 11) is 0. The van der Waals surface area contributed by atoms with Crippen LogP contribution in [0.1, 0.15) is 24.4 Å². The summed E-state index contributed by atoms with van der Waals surface area (Å²) in [6, 6.07) is 6.84. The van der Waals surface area contributed by atoms with Crippen LogP contribution in [0.3, 0.4) is 0 Å². The summed E-state index contributed by atoms with van der Waals surface area (Å²) in [5, 5.41) is 14.7. The predicted octanol–water partition coefficient (Wildman–Crippen LogP) is 2.32. The monoisotopic (exact) mass is 364 g/mol. The first-order valence-electron chi connectivity index (χ1n) is 8.87. The Hall–Kier alpha value is -2.06. The molecule has 0 unspecified atom stereocenters. The first-order valence-corrected chi connectivity index (χ1v) is 8.87. The minimum atomic E-state index is -2.81. The zero-order valence-electron chi connectivity index (χ0n) is 14.3. The maximum Gasteiger partial charge on any atom is 0.387 e. The van der Waals surface area contributed by atoms with Crippen molar-refractivity contribution in [3.63, 3.8) is 0 Å². The van der Waals surface area contributed by atoms with Crippen molar-refractivity contribution in [2.75, 3.05) is 13.1 Å². The second kappa shape index (κ2) is 7.28. The first kappa shape index (κ1) is 17.4. The van der Waals surface area contributed by atoms with Crippen molar-refractivity contribution in [3.8, 4) is 5.75 Å². The van der Waals surface area contributed by atoms with Gasteiger partial charge in [0.2, 0.25) is 0 Å². The number of aliphatic hydroxyl groups is 1. The van der Waals surface area contributed by atoms with Crippen molar-refractivity contribution in [3.05, 3.63) is 42.5 Å². The third kappa shape index (κ3) is 3.71. The third-order valence-corrected chi connectivity index (χ3v) is 5.49. The van der Waals surface area contributed by atoms with Crippen molar-refractivity contribution in [2.45, 2.75) is 38.1 Å². The van der Waals surface area contributed by atoms with Gasteiger partial charge < -0.3 is 9.84 Å². The molecule has 6 nitrogen and oxygen atoms in total. The fourth-order valence-electron chi connectivity index (χ4n) is 4.38. The Labute approximate surface area is 150 Å². The molecule has 1 aliphatic heterocycles. The molecule has 4 rings (SSSR count). The Balaban J connectivity index is 1.39. The highest BCUT2D eigenvalue weighted by Gasteiger charge is 2.42. The normalized spacial score (nSPS) is 29.1. The van der Waals surface area contributed by atoms with Gasteiger partial charge in [-0.15, -0.1) is 0 Å². The minimum absolute atomic E-state index is 0.0264. The van der Waals surface area contributed by atoms with Crippen molar-refractivity contribution < 1.29 is 18.6 Å². The standard InChI is InChI=1S/C18H22F2N4O2/c19-18(20)26-15-3-1-2-12(4-15)7-23-8-13-5-16(24-11-21-10-22-24)17(25)6-14(13)9-23/h1-4,10-11,13-14,16-18,25H,5-9H2/t13-,14+,16-,17-/m1/s1. The summed E-state index contributed by atoms with van der Waals surface area (Å²) in [5.41, 5.74) is 0.954. The summed E-state index contributed by atoms with van der Waals surface area (Å²) in [6.45, 7) is -0.277. The molecule has 2 fully saturated rings. The Bertz CT molecular complexity index is 728. The Morgan fingerprint density at radius 1 is 1.23 bits per heavy atom. The maximum atomic E-state index is 12.4. The average molecular weight is 364 g/mol. The first-order chi connectivity index (χ1) is 12.6. The zero-order chi connectivity index (χ0) is 18.1. The highest BCUT2D eigenvalue weighted by atomic mass is 19.3. The number of ether oxygens (including phenoxy) is 1. The quantitative estimate of drug-likeness (QED) is 0.882. The molecule has 8 heteroatoms. The largest absolute Gasteiger partial charge is 0.435 e. The van der Waals surface area contributed by atoms with Crippen LogP contribution in [0.2, 0.25) is 0 Å². The molecular weight excluding hydrogens is 342 g/mol. The van der Waals surface area contributed by atoms with Gasteiger partial charge in [0.15, 0.2) is 0 Å². The van der Waals surface area contributed by atoms with Gasteiger partial charge in [-0.2, -0.15) is 13.9 Å². The molecule has 1 saturated carbocycles. The van der Waals surface area contributed by atoms with Gasteiger partial charge in [0.05, 0.1) is 12.1 Å². The number of aliphatic hydroxyl groups excluding tert-OH is 1. The fourth-order valence-corrected chi connectivity index (χ4v) is 4.38. The van der Waals surface area contributed by atoms with Crippen LogP contribution in [0.4, 0.5) is 8.78 Å². The Morgan fingerprint density at radius 2 is 2.04 bits per heavy atom. The van der Waals surface area contributed by atoms with Gasteiger partial charge in [0, 0.05) is 19.6 Å². The van der Waals surface area contributed by atoms with E-state index in [1.165, 1.54) is 6.33 Å². The molecule has 2 aromatic rings. The topological polar surface area (TPSA) is 63.4 Å². The number of rotatable bonds is 5. The van der Waals surface area contributed by atoms with Crippen molar-refractivity contribution in [2.24, 2.45) is 11.8 Å². The lowest BCUT2D eigenvalue weighted by atomic mass is 9.77. The van der Waals surface area contributed by atoms with Gasteiger partial charge >= 0.3 is 6.61 Å². The number of hydrogen-bond donors (Lipinski definition) is 1. The van der Waals surface area contributed by atoms with Crippen molar-refractivity contribution >= 4 is 0 Å². The van der Waals surface area contributed by atoms with Crippen LogP contribution in [-0.4, -0.2) is 50.6 Å². The van der Waals surface area contributed by atoms with Gasteiger partial charge in [-0.25, -0.2) is 9.67 Å². The lowest BCUT2D eigenvalue weighted by Crippen LogP contribution is -2.36. The lowest BCUT2D eigenvalue weighted by Gasteiger charge is -2.35. The van der Waals surface area contributed by atoms with Crippen molar-refractivity contribution in [1.82, 2.24) is 19.7 Å². The summed E-state index contributed by atoms with van der Waals surface area (Å²) in [6.07, 6.45) is 4.37. The van der Waals surface area contributed by atoms with E-state index in [1.54, 1.807) is 29.2 Å². The molecule has 26 heavy (non-hydrogen) atoms. The van der Waals surface area contributed by atoms with Gasteiger partial charge in [-0.05, 0) is 42.4 Å². The SMILES string of the molecule is O[C@@H]1C[C@H]2CN(Cc3cccc(OC(F)F)c3)C[C@H]2C[C@H]1n1cncn1. The fraction of sp³-hybridized carbons (Fsp3) is 0.556. The van der Waals surface area contributed by atoms with Crippen molar-refractivity contribution in [1.29, 1.82) is 0 Å². The van der Waals surface area contributed by atoms with E-state index in [4.69, 9.17) is 0 Å². The molecule has 0 spiro atoms. The zero-order valence-corrected chi connectivity index (χ0v) is 14.3. The molecular formula is C18H22F2N4O2. The molecule has 0 bridgehead atoms. The van der Waals surface area contributed by atoms with E-state index in [1.807, 2.05) is 6.07 Å². The molecule has 1 saturated heterocycles. The van der Waals surface area contributed by atoms with Crippen LogP contribution in [-0.2, 0) is 6.54 Å². The Morgan fingerprint density at radius 3 is 2.77 bits per heavy atom. The molecule has 2 heterocycles. The van der Waals surface area contributed by atoms with Gasteiger partial charge in [-0.3, -0.25) is 4.90 Å². The van der Waals surface area contributed by atoms with Gasteiger partial charge in [0.25, 0.3) is 0 Å². The molecule has 4 atom stereocenters. The average Bonchev–Trinajstić information content (AvgIpc) is 3.22. The van der Waals surface area contributed by atoms with E-state index in [9.17, 15) is 13.9 Å². The number of hydrogen-bond acceptors (Lipinski definition) is 5. The number of aromatic nitrogens is 3. The van der Waals surface area contributed by atoms with Crippen LogP contribution in [0.25, 0.3) is 0 Å². The van der Waals surface area contributed by atoms with E-state index in [0.29, 0.717) is 18.4 Å². The summed E-state index contributed by atoms with van der Waals surface area (Å²) in [5.74, 6) is 1.13. The summed E-state index contributed by atoms with van der Waals surface area (Å²) in [4.78, 5) is 6.31. The van der Waals surface area contributed by atoms with Gasteiger partial charge in [0.1, 0.15) is 18.4 Å². The lowest BCUT2D eigenvalue weighted by molar-refractivity contribution is -0.0499. The van der Waals surface area contributed by atoms with E-state index in [0.717, 1.165) is 31.5 Å². The highest BCUT2D eigenvalue weighted by molar-refractivity contribution is 5.28. The van der Waals surface area contributed by atoms with Crippen LogP contribution in [0, 0.1) is 11.8 Å². The number of alkyl halides is 2. The van der Waals surface area contributed by atoms with Crippen LogP contribution in [0.5, 0.6) is 5.75 Å². The molecule has 1 N–H and O–H groups in total. The number of likely N-dealkylation sites (tertiary alicyclic amines) is 1. The molecule has 0 amide bonds. The van der Waals surface area contributed by atoms with E-state index in [2.05, 4.69) is 19.7 Å². The molecule has 2 aliphatic rings. The second-order valence-corrected chi connectivity index (χ2v) is 7.22. The number of benzene rings is 1. The molecule has 0 radical (unpaired) electrons. The third-order valence-electron chi connectivity index (χ3n) is 5.49. The molecule has 1 aliphatic carbocycles. The molecule has 1 aromatic heterocycles. The number of halogens is 2.